The zero-order chi connectivity index (χ0) is 18.2. The maximum absolute atomic E-state index is 12.2. The number of nitrogens with one attached hydrogen (secondary N) is 1. The van der Waals surface area contributed by atoms with Crippen molar-refractivity contribution in [3.8, 4) is 0 Å². The van der Waals surface area contributed by atoms with E-state index in [9.17, 15) is 13.8 Å². The third-order valence-electron chi connectivity index (χ3n) is 2.89. The molecule has 1 N–H and O–H groups in total. The molecule has 0 aromatic heterocycles. The number of amides is 1. The molecule has 1 aromatic carbocycles. The van der Waals surface area contributed by atoms with E-state index < -0.39 is 34.5 Å². The van der Waals surface area contributed by atoms with Gasteiger partial charge in [-0.2, -0.15) is 0 Å². The molecule has 0 spiro atoms. The highest BCUT2D eigenvalue weighted by Gasteiger charge is 2.27. The number of ether oxygens (including phenoxy) is 2. The largest absolute Gasteiger partial charge is 0.458 e. The third kappa shape index (κ3) is 8.67. The van der Waals surface area contributed by atoms with Gasteiger partial charge in [-0.25, -0.2) is 9.59 Å². The minimum absolute atomic E-state index is 0.105. The van der Waals surface area contributed by atoms with E-state index in [0.717, 1.165) is 5.56 Å². The van der Waals surface area contributed by atoms with Gasteiger partial charge in [0.1, 0.15) is 18.2 Å². The Hall–Kier alpha value is -1.89. The first-order valence-corrected chi connectivity index (χ1v) is 9.40. The van der Waals surface area contributed by atoms with Gasteiger partial charge in [-0.05, 0) is 32.8 Å². The molecule has 7 heteroatoms. The minimum Gasteiger partial charge on any atom is -0.458 e. The van der Waals surface area contributed by atoms with Gasteiger partial charge in [0.2, 0.25) is 0 Å². The van der Waals surface area contributed by atoms with Gasteiger partial charge in [-0.3, -0.25) is 4.21 Å². The molecule has 1 amide bonds. The molecule has 1 aromatic rings. The average Bonchev–Trinajstić information content (AvgIpc) is 2.48. The van der Waals surface area contributed by atoms with E-state index >= 15 is 0 Å². The monoisotopic (exact) mass is 355 g/mol. The van der Waals surface area contributed by atoms with E-state index in [4.69, 9.17) is 9.47 Å². The molecule has 0 aliphatic heterocycles. The van der Waals surface area contributed by atoms with Crippen molar-refractivity contribution in [2.45, 2.75) is 45.4 Å². The molecule has 0 saturated carbocycles. The van der Waals surface area contributed by atoms with Crippen molar-refractivity contribution in [1.29, 1.82) is 0 Å². The van der Waals surface area contributed by atoms with Crippen molar-refractivity contribution < 1.29 is 23.3 Å². The highest BCUT2D eigenvalue weighted by atomic mass is 32.2. The number of alkyl carbamates (subject to hydrolysis) is 1. The quantitative estimate of drug-likeness (QED) is 0.760. The molecule has 1 rings (SSSR count). The Labute approximate surface area is 145 Å². The molecular weight excluding hydrogens is 330 g/mol. The molecule has 0 radical (unpaired) electrons. The van der Waals surface area contributed by atoms with E-state index in [-0.39, 0.29) is 18.8 Å². The first-order chi connectivity index (χ1) is 11.2. The molecule has 0 bridgehead atoms. The van der Waals surface area contributed by atoms with Crippen LogP contribution in [-0.4, -0.2) is 39.9 Å². The van der Waals surface area contributed by atoms with Gasteiger partial charge < -0.3 is 14.8 Å². The molecule has 1 unspecified atom stereocenters. The van der Waals surface area contributed by atoms with Gasteiger partial charge in [-0.15, -0.1) is 0 Å². The summed E-state index contributed by atoms with van der Waals surface area (Å²) >= 11 is 0. The van der Waals surface area contributed by atoms with Crippen molar-refractivity contribution in [1.82, 2.24) is 5.32 Å². The molecule has 0 aliphatic rings. The summed E-state index contributed by atoms with van der Waals surface area (Å²) in [6, 6.07) is 8.33. The second kappa shape index (κ2) is 9.42. The van der Waals surface area contributed by atoms with Crippen LogP contribution in [0.15, 0.2) is 30.3 Å². The molecule has 0 heterocycles. The summed E-state index contributed by atoms with van der Waals surface area (Å²) in [4.78, 5) is 24.1. The second-order valence-corrected chi connectivity index (χ2v) is 7.91. The topological polar surface area (TPSA) is 81.7 Å². The van der Waals surface area contributed by atoms with Crippen LogP contribution in [0.2, 0.25) is 0 Å². The molecule has 6 nitrogen and oxygen atoms in total. The van der Waals surface area contributed by atoms with E-state index in [1.807, 2.05) is 30.3 Å². The lowest BCUT2D eigenvalue weighted by Crippen LogP contribution is -2.45. The zero-order valence-electron chi connectivity index (χ0n) is 14.5. The summed E-state index contributed by atoms with van der Waals surface area (Å²) in [5, 5.41) is 2.49. The first kappa shape index (κ1) is 20.2. The Kier molecular flexibility index (Phi) is 7.91. The Morgan fingerprint density at radius 2 is 1.83 bits per heavy atom. The number of esters is 1. The summed E-state index contributed by atoms with van der Waals surface area (Å²) in [5.41, 5.74) is 0.173. The predicted molar refractivity (Wildman–Crippen MR) is 92.9 cm³/mol. The predicted octanol–water partition coefficient (Wildman–Crippen LogP) is 2.39. The first-order valence-electron chi connectivity index (χ1n) is 7.67. The summed E-state index contributed by atoms with van der Waals surface area (Å²) in [6.07, 6.45) is 1.05. The molecule has 0 fully saturated rings. The molecule has 2 atom stereocenters. The van der Waals surface area contributed by atoms with E-state index in [0.29, 0.717) is 0 Å². The lowest BCUT2D eigenvalue weighted by atomic mass is 10.1. The fourth-order valence-corrected chi connectivity index (χ4v) is 2.38. The van der Waals surface area contributed by atoms with Crippen molar-refractivity contribution in [2.75, 3.05) is 12.0 Å². The maximum atomic E-state index is 12.2. The van der Waals surface area contributed by atoms with Crippen LogP contribution in [0.3, 0.4) is 0 Å². The van der Waals surface area contributed by atoms with Gasteiger partial charge >= 0.3 is 12.1 Å². The molecular formula is C17H25NO5S. The molecule has 0 saturated heterocycles. The molecule has 0 aliphatic carbocycles. The lowest BCUT2D eigenvalue weighted by molar-refractivity contribution is -0.157. The normalized spacial score (nSPS) is 13.7. The van der Waals surface area contributed by atoms with Crippen molar-refractivity contribution >= 4 is 22.9 Å². The smallest absolute Gasteiger partial charge is 0.408 e. The van der Waals surface area contributed by atoms with Crippen LogP contribution in [0.4, 0.5) is 4.79 Å². The Morgan fingerprint density at radius 1 is 1.21 bits per heavy atom. The fourth-order valence-electron chi connectivity index (χ4n) is 1.81. The van der Waals surface area contributed by atoms with Gasteiger partial charge in [0.15, 0.2) is 0 Å². The van der Waals surface area contributed by atoms with Crippen LogP contribution in [0.25, 0.3) is 0 Å². The van der Waals surface area contributed by atoms with Crippen molar-refractivity contribution in [2.24, 2.45) is 0 Å². The van der Waals surface area contributed by atoms with E-state index in [1.54, 1.807) is 27.0 Å². The maximum Gasteiger partial charge on any atom is 0.408 e. The van der Waals surface area contributed by atoms with Crippen LogP contribution in [-0.2, 0) is 31.7 Å². The average molecular weight is 355 g/mol. The number of hydrogen-bond acceptors (Lipinski definition) is 5. The standard InChI is InChI=1S/C17H25NO5S/c1-17(2,3)23-15(19)14(10-11-24(4)21)18-16(20)22-12-13-8-6-5-7-9-13/h5-9,14H,10-12H2,1-4H3,(H,18,20)/t14-,24?/m0/s1. The zero-order valence-corrected chi connectivity index (χ0v) is 15.4. The van der Waals surface area contributed by atoms with Crippen LogP contribution < -0.4 is 5.32 Å². The highest BCUT2D eigenvalue weighted by molar-refractivity contribution is 7.84. The Balaban J connectivity index is 2.60. The summed E-state index contributed by atoms with van der Waals surface area (Å²) in [6.45, 7) is 5.34. The summed E-state index contributed by atoms with van der Waals surface area (Å²) < 4.78 is 21.7. The van der Waals surface area contributed by atoms with Crippen LogP contribution in [0.5, 0.6) is 0 Å². The lowest BCUT2D eigenvalue weighted by Gasteiger charge is -2.24. The van der Waals surface area contributed by atoms with E-state index in [2.05, 4.69) is 5.32 Å². The van der Waals surface area contributed by atoms with Crippen molar-refractivity contribution in [3.05, 3.63) is 35.9 Å². The number of benzene rings is 1. The number of rotatable bonds is 7. The van der Waals surface area contributed by atoms with Crippen LogP contribution in [0, 0.1) is 0 Å². The number of carbonyl (C=O) groups is 2. The van der Waals surface area contributed by atoms with Crippen LogP contribution in [0.1, 0.15) is 32.8 Å². The Morgan fingerprint density at radius 3 is 2.38 bits per heavy atom. The van der Waals surface area contributed by atoms with E-state index in [1.165, 1.54) is 0 Å². The third-order valence-corrected chi connectivity index (χ3v) is 3.70. The summed E-state index contributed by atoms with van der Waals surface area (Å²) in [7, 11) is -1.07. The minimum atomic E-state index is -1.07. The summed E-state index contributed by atoms with van der Waals surface area (Å²) in [5.74, 6) is -0.285. The van der Waals surface area contributed by atoms with Gasteiger partial charge in [-0.1, -0.05) is 30.3 Å². The highest BCUT2D eigenvalue weighted by Crippen LogP contribution is 2.10. The Bertz CT molecular complexity index is 568. The second-order valence-electron chi connectivity index (χ2n) is 6.36. The van der Waals surface area contributed by atoms with Gasteiger partial charge in [0.05, 0.1) is 0 Å². The number of carbonyl (C=O) groups excluding carboxylic acids is 2. The molecule has 134 valence electrons. The number of hydrogen-bond donors (Lipinski definition) is 1. The van der Waals surface area contributed by atoms with Gasteiger partial charge in [0, 0.05) is 22.8 Å². The SMILES string of the molecule is CS(=O)CC[C@H](NC(=O)OCc1ccccc1)C(=O)OC(C)(C)C. The fraction of sp³-hybridized carbons (Fsp3) is 0.529. The molecule has 24 heavy (non-hydrogen) atoms. The van der Waals surface area contributed by atoms with Gasteiger partial charge in [0.25, 0.3) is 0 Å². The van der Waals surface area contributed by atoms with Crippen LogP contribution >= 0.6 is 0 Å². The van der Waals surface area contributed by atoms with Crippen molar-refractivity contribution in [3.63, 3.8) is 0 Å².